The number of amides is 3. The Kier molecular flexibility index (Phi) is 3.74. The lowest BCUT2D eigenvalue weighted by Crippen LogP contribution is -2.63. The van der Waals surface area contributed by atoms with Gasteiger partial charge in [-0.05, 0) is 24.3 Å². The Labute approximate surface area is 155 Å². The van der Waals surface area contributed by atoms with Crippen LogP contribution in [0.1, 0.15) is 22.5 Å². The molecule has 1 spiro atoms. The number of halogens is 2. The molecule has 1 fully saturated rings. The van der Waals surface area contributed by atoms with Gasteiger partial charge in [-0.3, -0.25) is 19.7 Å². The first kappa shape index (κ1) is 16.9. The lowest BCUT2D eigenvalue weighted by Gasteiger charge is -2.44. The number of aromatic nitrogens is 1. The van der Waals surface area contributed by atoms with Crippen molar-refractivity contribution in [2.45, 2.75) is 24.7 Å². The number of nitrogens with one attached hydrogen (secondary N) is 1. The van der Waals surface area contributed by atoms with Crippen LogP contribution in [0.25, 0.3) is 0 Å². The molecule has 0 saturated carbocycles. The van der Waals surface area contributed by atoms with Crippen LogP contribution >= 0.6 is 15.9 Å². The molecule has 26 heavy (non-hydrogen) atoms. The minimum Gasteiger partial charge on any atom is -0.370 e. The third-order valence-corrected chi connectivity index (χ3v) is 5.31. The van der Waals surface area contributed by atoms with Crippen molar-refractivity contribution in [1.82, 2.24) is 14.8 Å². The van der Waals surface area contributed by atoms with Crippen molar-refractivity contribution in [3.63, 3.8) is 0 Å². The summed E-state index contributed by atoms with van der Waals surface area (Å²) in [6.07, 6.45) is -0.447. The van der Waals surface area contributed by atoms with Crippen LogP contribution in [-0.2, 0) is 21.7 Å². The van der Waals surface area contributed by atoms with E-state index in [1.165, 1.54) is 29.0 Å². The largest absolute Gasteiger partial charge is 0.370 e. The number of carbonyl (C=O) groups is 3. The lowest BCUT2D eigenvalue weighted by molar-refractivity contribution is -0.142. The summed E-state index contributed by atoms with van der Waals surface area (Å²) in [6.45, 7) is -0.243. The first-order valence-electron chi connectivity index (χ1n) is 7.79. The molecule has 2 atom stereocenters. The van der Waals surface area contributed by atoms with Crippen LogP contribution in [0, 0.1) is 5.82 Å². The highest BCUT2D eigenvalue weighted by atomic mass is 79.9. The molecule has 0 aliphatic carbocycles. The van der Waals surface area contributed by atoms with E-state index in [0.29, 0.717) is 4.47 Å². The van der Waals surface area contributed by atoms with E-state index in [2.05, 4.69) is 21.2 Å². The predicted octanol–water partition coefficient (Wildman–Crippen LogP) is 1.11. The Morgan fingerprint density at radius 1 is 1.31 bits per heavy atom. The monoisotopic (exact) mass is 421 g/mol. The number of carbonyl (C=O) groups excluding carboxylic acids is 3. The molecular weight excluding hydrogens is 409 g/mol. The fraction of sp³-hybridized carbons (Fsp3) is 0.235. The van der Waals surface area contributed by atoms with Crippen molar-refractivity contribution in [2.24, 2.45) is 0 Å². The number of fused-ring (bicyclic) bond motifs is 2. The molecule has 2 aliphatic rings. The van der Waals surface area contributed by atoms with Gasteiger partial charge >= 0.3 is 0 Å². The van der Waals surface area contributed by atoms with Gasteiger partial charge in [0.25, 0.3) is 11.8 Å². The molecule has 9 heteroatoms. The summed E-state index contributed by atoms with van der Waals surface area (Å²) < 4.78 is 16.1. The molecule has 1 aromatic heterocycles. The summed E-state index contributed by atoms with van der Waals surface area (Å²) in [4.78, 5) is 38.1. The number of benzene rings is 1. The highest BCUT2D eigenvalue weighted by Crippen LogP contribution is 2.38. The smallest absolute Gasteiger partial charge is 0.272 e. The molecule has 2 aliphatic heterocycles. The Morgan fingerprint density at radius 2 is 2.08 bits per heavy atom. The highest BCUT2D eigenvalue weighted by molar-refractivity contribution is 9.10. The lowest BCUT2D eigenvalue weighted by atomic mass is 9.90. The first-order valence-corrected chi connectivity index (χ1v) is 8.59. The molecule has 1 saturated heterocycles. The zero-order chi connectivity index (χ0) is 18.6. The zero-order valence-electron chi connectivity index (χ0n) is 13.3. The van der Waals surface area contributed by atoms with Gasteiger partial charge < -0.3 is 14.6 Å². The van der Waals surface area contributed by atoms with Crippen molar-refractivity contribution < 1.29 is 23.9 Å². The average molecular weight is 422 g/mol. The maximum atomic E-state index is 14.2. The van der Waals surface area contributed by atoms with Crippen molar-refractivity contribution in [2.75, 3.05) is 0 Å². The Morgan fingerprint density at radius 3 is 2.73 bits per heavy atom. The van der Waals surface area contributed by atoms with Crippen molar-refractivity contribution in [3.8, 4) is 0 Å². The van der Waals surface area contributed by atoms with E-state index in [9.17, 15) is 23.9 Å². The van der Waals surface area contributed by atoms with E-state index in [1.807, 2.05) is 0 Å². The number of aliphatic hydroxyl groups is 1. The third kappa shape index (κ3) is 2.24. The van der Waals surface area contributed by atoms with Crippen LogP contribution in [0.5, 0.6) is 0 Å². The number of hydrogen-bond donors (Lipinski definition) is 2. The standard InChI is InChI=1S/C17H13BrFN3O4/c18-10-4-3-9(11(19)6-10)8-21-14(24)12-2-1-5-22(12)17(16(21)26)7-13(23)20-15(17)25/h1-6,16,26H,7-8H2,(H,20,23,25)/t16?,17-/m1/s1. The summed E-state index contributed by atoms with van der Waals surface area (Å²) in [5.74, 6) is -2.34. The highest BCUT2D eigenvalue weighted by Gasteiger charge is 2.59. The molecule has 7 nitrogen and oxygen atoms in total. The molecule has 2 aromatic rings. The van der Waals surface area contributed by atoms with Crippen LogP contribution in [0.15, 0.2) is 41.0 Å². The van der Waals surface area contributed by atoms with Gasteiger partial charge in [-0.25, -0.2) is 4.39 Å². The summed E-state index contributed by atoms with van der Waals surface area (Å²) in [7, 11) is 0. The van der Waals surface area contributed by atoms with Crippen molar-refractivity contribution in [3.05, 3.63) is 58.1 Å². The SMILES string of the molecule is O=C1C[C@@]2(C(=O)N1)C(O)N(Cc1ccc(Br)cc1F)C(=O)c1cccn12. The Hall–Kier alpha value is -2.52. The van der Waals surface area contributed by atoms with Crippen LogP contribution < -0.4 is 5.32 Å². The van der Waals surface area contributed by atoms with Crippen LogP contribution in [-0.4, -0.2) is 38.5 Å². The molecule has 2 N–H and O–H groups in total. The van der Waals surface area contributed by atoms with E-state index in [-0.39, 0.29) is 24.2 Å². The summed E-state index contributed by atoms with van der Waals surface area (Å²) >= 11 is 3.16. The maximum absolute atomic E-state index is 14.2. The second-order valence-corrected chi connectivity index (χ2v) is 7.20. The van der Waals surface area contributed by atoms with E-state index in [1.54, 1.807) is 12.1 Å². The van der Waals surface area contributed by atoms with Gasteiger partial charge in [0.15, 0.2) is 11.8 Å². The minimum atomic E-state index is -1.66. The van der Waals surface area contributed by atoms with E-state index in [0.717, 1.165) is 4.90 Å². The molecule has 3 heterocycles. The molecular formula is C17H13BrFN3O4. The zero-order valence-corrected chi connectivity index (χ0v) is 14.9. The summed E-state index contributed by atoms with van der Waals surface area (Å²) in [5.41, 5.74) is -1.33. The fourth-order valence-corrected chi connectivity index (χ4v) is 3.88. The molecule has 0 bridgehead atoms. The molecule has 0 radical (unpaired) electrons. The van der Waals surface area contributed by atoms with E-state index < -0.39 is 35.3 Å². The normalized spacial score (nSPS) is 25.0. The average Bonchev–Trinajstić information content (AvgIpc) is 3.17. The molecule has 3 amide bonds. The van der Waals surface area contributed by atoms with Gasteiger partial charge in [0.2, 0.25) is 5.91 Å². The molecule has 1 unspecified atom stereocenters. The van der Waals surface area contributed by atoms with Gasteiger partial charge in [0, 0.05) is 16.2 Å². The minimum absolute atomic E-state index is 0.151. The Balaban J connectivity index is 1.81. The van der Waals surface area contributed by atoms with Gasteiger partial charge in [-0.2, -0.15) is 0 Å². The quantitative estimate of drug-likeness (QED) is 0.710. The predicted molar refractivity (Wildman–Crippen MR) is 90.2 cm³/mol. The topological polar surface area (TPSA) is 91.6 Å². The molecule has 4 rings (SSSR count). The van der Waals surface area contributed by atoms with Gasteiger partial charge in [0.1, 0.15) is 11.5 Å². The second-order valence-electron chi connectivity index (χ2n) is 6.28. The van der Waals surface area contributed by atoms with Crippen LogP contribution in [0.4, 0.5) is 4.39 Å². The van der Waals surface area contributed by atoms with Crippen LogP contribution in [0.3, 0.4) is 0 Å². The number of aliphatic hydroxyl groups excluding tert-OH is 1. The maximum Gasteiger partial charge on any atom is 0.272 e. The first-order chi connectivity index (χ1) is 12.3. The third-order valence-electron chi connectivity index (χ3n) is 4.81. The fourth-order valence-electron chi connectivity index (χ4n) is 3.54. The molecule has 1 aromatic carbocycles. The van der Waals surface area contributed by atoms with E-state index >= 15 is 0 Å². The number of rotatable bonds is 2. The molecule has 134 valence electrons. The number of hydrogen-bond acceptors (Lipinski definition) is 4. The number of nitrogens with zero attached hydrogens (tertiary/aromatic N) is 2. The Bertz CT molecular complexity index is 959. The van der Waals surface area contributed by atoms with E-state index in [4.69, 9.17) is 0 Å². The van der Waals surface area contributed by atoms with Crippen molar-refractivity contribution in [1.29, 1.82) is 0 Å². The summed E-state index contributed by atoms with van der Waals surface area (Å²) in [5, 5.41) is 13.1. The second kappa shape index (κ2) is 5.75. The van der Waals surface area contributed by atoms with Gasteiger partial charge in [-0.15, -0.1) is 0 Å². The van der Waals surface area contributed by atoms with Crippen molar-refractivity contribution >= 4 is 33.7 Å². The van der Waals surface area contributed by atoms with Gasteiger partial charge in [0.05, 0.1) is 13.0 Å². The van der Waals surface area contributed by atoms with Gasteiger partial charge in [-0.1, -0.05) is 22.0 Å². The number of imide groups is 1. The summed E-state index contributed by atoms with van der Waals surface area (Å²) in [6, 6.07) is 7.40. The van der Waals surface area contributed by atoms with Crippen LogP contribution in [0.2, 0.25) is 0 Å².